The summed E-state index contributed by atoms with van der Waals surface area (Å²) in [7, 11) is 2.13. The van der Waals surface area contributed by atoms with Crippen molar-refractivity contribution >= 4 is 17.1 Å². The fraction of sp³-hybridized carbons (Fsp3) is 0.636. The zero-order chi connectivity index (χ0) is 20.0. The van der Waals surface area contributed by atoms with E-state index in [9.17, 15) is 4.79 Å². The molecule has 2 amide bonds. The number of fused-ring (bicyclic) bond motifs is 2. The van der Waals surface area contributed by atoms with E-state index in [1.54, 1.807) is 0 Å². The van der Waals surface area contributed by atoms with E-state index in [0.717, 1.165) is 50.2 Å². The number of nitrogens with one attached hydrogen (secondary N) is 1. The lowest BCUT2D eigenvalue weighted by atomic mass is 9.99. The molecule has 7 nitrogen and oxygen atoms in total. The maximum atomic E-state index is 12.8. The van der Waals surface area contributed by atoms with Crippen LogP contribution in [-0.4, -0.2) is 70.8 Å². The molecule has 29 heavy (non-hydrogen) atoms. The standard InChI is InChI=1S/C22H31N5O2/c1-3-21-24-17-12-15(4-7-18(17)27(21)16-5-6-16)13-23-22(28)26-9-8-20-19(14-26)25(2)10-11-29-20/h4,7,12,16,19-20H,3,5-6,8-11,13-14H2,1-2H3,(H,23,28). The van der Waals surface area contributed by atoms with Crippen molar-refractivity contribution in [3.8, 4) is 0 Å². The number of piperidine rings is 1. The van der Waals surface area contributed by atoms with E-state index in [2.05, 4.69) is 47.0 Å². The number of likely N-dealkylation sites (N-methyl/N-ethyl adjacent to an activating group) is 1. The predicted molar refractivity (Wildman–Crippen MR) is 112 cm³/mol. The molecule has 0 radical (unpaired) electrons. The van der Waals surface area contributed by atoms with E-state index in [1.807, 2.05) is 4.90 Å². The number of amides is 2. The molecule has 2 unspecified atom stereocenters. The predicted octanol–water partition coefficient (Wildman–Crippen LogP) is 2.55. The summed E-state index contributed by atoms with van der Waals surface area (Å²) in [6, 6.07) is 7.37. The highest BCUT2D eigenvalue weighted by Gasteiger charge is 2.36. The number of benzene rings is 1. The van der Waals surface area contributed by atoms with E-state index in [0.29, 0.717) is 18.6 Å². The van der Waals surface area contributed by atoms with Crippen LogP contribution >= 0.6 is 0 Å². The number of aromatic nitrogens is 2. The molecule has 2 aliphatic heterocycles. The lowest BCUT2D eigenvalue weighted by molar-refractivity contribution is -0.0881. The zero-order valence-electron chi connectivity index (χ0n) is 17.4. The molecule has 2 aromatic rings. The Balaban J connectivity index is 1.24. The third kappa shape index (κ3) is 3.62. The average molecular weight is 398 g/mol. The van der Waals surface area contributed by atoms with Crippen LogP contribution in [0, 0.1) is 0 Å². The number of urea groups is 1. The molecule has 3 aliphatic rings. The van der Waals surface area contributed by atoms with Crippen LogP contribution < -0.4 is 5.32 Å². The monoisotopic (exact) mass is 397 g/mol. The number of hydrogen-bond acceptors (Lipinski definition) is 4. The van der Waals surface area contributed by atoms with Crippen LogP contribution in [-0.2, 0) is 17.7 Å². The smallest absolute Gasteiger partial charge is 0.317 e. The average Bonchev–Trinajstić information content (AvgIpc) is 3.51. The lowest BCUT2D eigenvalue weighted by Crippen LogP contribution is -2.60. The van der Waals surface area contributed by atoms with Crippen LogP contribution in [0.5, 0.6) is 0 Å². The van der Waals surface area contributed by atoms with Crippen LogP contribution in [0.2, 0.25) is 0 Å². The molecule has 1 aromatic carbocycles. The second kappa shape index (κ2) is 7.61. The Kier molecular flexibility index (Phi) is 4.95. The van der Waals surface area contributed by atoms with Crippen molar-refractivity contribution in [2.45, 2.75) is 57.3 Å². The summed E-state index contributed by atoms with van der Waals surface area (Å²) in [5.74, 6) is 1.17. The molecule has 156 valence electrons. The molecular weight excluding hydrogens is 366 g/mol. The SMILES string of the molecule is CCc1nc2cc(CNC(=O)N3CCC4OCCN(C)C4C3)ccc2n1C1CC1. The van der Waals surface area contributed by atoms with Gasteiger partial charge >= 0.3 is 6.03 Å². The Hall–Kier alpha value is -2.12. The molecule has 1 aromatic heterocycles. The largest absolute Gasteiger partial charge is 0.375 e. The first-order valence-corrected chi connectivity index (χ1v) is 11.0. The lowest BCUT2D eigenvalue weighted by Gasteiger charge is -2.45. The van der Waals surface area contributed by atoms with Gasteiger partial charge in [0.1, 0.15) is 5.82 Å². The molecule has 5 rings (SSSR count). The molecule has 0 bridgehead atoms. The molecule has 1 aliphatic carbocycles. The van der Waals surface area contributed by atoms with Gasteiger partial charge in [0, 0.05) is 38.6 Å². The number of morpholine rings is 1. The topological polar surface area (TPSA) is 62.6 Å². The first kappa shape index (κ1) is 18.9. The van der Waals surface area contributed by atoms with Crippen LogP contribution in [0.4, 0.5) is 4.79 Å². The van der Waals surface area contributed by atoms with Crippen molar-refractivity contribution < 1.29 is 9.53 Å². The fourth-order valence-electron chi connectivity index (χ4n) is 4.81. The van der Waals surface area contributed by atoms with Gasteiger partial charge in [-0.25, -0.2) is 9.78 Å². The second-order valence-corrected chi connectivity index (χ2v) is 8.66. The van der Waals surface area contributed by atoms with Gasteiger partial charge in [0.25, 0.3) is 0 Å². The van der Waals surface area contributed by atoms with Crippen LogP contribution in [0.15, 0.2) is 18.2 Å². The minimum Gasteiger partial charge on any atom is -0.375 e. The Morgan fingerprint density at radius 1 is 1.28 bits per heavy atom. The Morgan fingerprint density at radius 3 is 2.93 bits per heavy atom. The van der Waals surface area contributed by atoms with Crippen molar-refractivity contribution in [1.82, 2.24) is 24.7 Å². The molecule has 7 heteroatoms. The number of nitrogens with zero attached hydrogens (tertiary/aromatic N) is 4. The van der Waals surface area contributed by atoms with E-state index in [4.69, 9.17) is 9.72 Å². The first-order valence-electron chi connectivity index (χ1n) is 11.0. The first-order chi connectivity index (χ1) is 14.1. The van der Waals surface area contributed by atoms with E-state index < -0.39 is 0 Å². The molecule has 1 N–H and O–H groups in total. The molecule has 2 saturated heterocycles. The van der Waals surface area contributed by atoms with Gasteiger partial charge in [0.15, 0.2) is 0 Å². The summed E-state index contributed by atoms with van der Waals surface area (Å²) in [5, 5.41) is 3.11. The minimum absolute atomic E-state index is 0.0141. The molecule has 3 fully saturated rings. The number of carbonyl (C=O) groups excluding carboxylic acids is 1. The van der Waals surface area contributed by atoms with Crippen LogP contribution in [0.25, 0.3) is 11.0 Å². The van der Waals surface area contributed by atoms with E-state index >= 15 is 0 Å². The molecule has 1 saturated carbocycles. The summed E-state index contributed by atoms with van der Waals surface area (Å²) in [4.78, 5) is 21.9. The number of carbonyl (C=O) groups is 1. The minimum atomic E-state index is 0.0141. The number of imidazole rings is 1. The summed E-state index contributed by atoms with van der Waals surface area (Å²) >= 11 is 0. The summed E-state index contributed by atoms with van der Waals surface area (Å²) in [6.07, 6.45) is 4.64. The Labute approximate surface area is 172 Å². The van der Waals surface area contributed by atoms with Crippen molar-refractivity contribution in [2.75, 3.05) is 33.3 Å². The number of aryl methyl sites for hydroxylation is 1. The van der Waals surface area contributed by atoms with Crippen molar-refractivity contribution in [1.29, 1.82) is 0 Å². The molecule has 2 atom stereocenters. The highest BCUT2D eigenvalue weighted by Crippen LogP contribution is 2.38. The van der Waals surface area contributed by atoms with Crippen molar-refractivity contribution in [3.05, 3.63) is 29.6 Å². The van der Waals surface area contributed by atoms with Crippen molar-refractivity contribution in [3.63, 3.8) is 0 Å². The van der Waals surface area contributed by atoms with Crippen LogP contribution in [0.3, 0.4) is 0 Å². The summed E-state index contributed by atoms with van der Waals surface area (Å²) in [6.45, 7) is 5.92. The molecular formula is C22H31N5O2. The molecule has 3 heterocycles. The summed E-state index contributed by atoms with van der Waals surface area (Å²) in [5.41, 5.74) is 3.37. The molecule has 0 spiro atoms. The third-order valence-corrected chi connectivity index (χ3v) is 6.65. The highest BCUT2D eigenvalue weighted by atomic mass is 16.5. The number of likely N-dealkylation sites (tertiary alicyclic amines) is 1. The number of ether oxygens (including phenoxy) is 1. The Bertz CT molecular complexity index is 906. The van der Waals surface area contributed by atoms with Gasteiger partial charge in [-0.15, -0.1) is 0 Å². The number of rotatable bonds is 4. The van der Waals surface area contributed by atoms with E-state index in [1.165, 1.54) is 24.2 Å². The maximum Gasteiger partial charge on any atom is 0.317 e. The normalized spacial score (nSPS) is 25.2. The van der Waals surface area contributed by atoms with Gasteiger partial charge in [-0.05, 0) is 44.0 Å². The second-order valence-electron chi connectivity index (χ2n) is 8.66. The Morgan fingerprint density at radius 2 is 2.14 bits per heavy atom. The quantitative estimate of drug-likeness (QED) is 0.861. The number of hydrogen-bond donors (Lipinski definition) is 1. The van der Waals surface area contributed by atoms with Gasteiger partial charge in [0.05, 0.1) is 29.8 Å². The highest BCUT2D eigenvalue weighted by molar-refractivity contribution is 5.78. The van der Waals surface area contributed by atoms with Gasteiger partial charge < -0.3 is 19.5 Å². The van der Waals surface area contributed by atoms with Crippen LogP contribution in [0.1, 0.15) is 43.6 Å². The van der Waals surface area contributed by atoms with Gasteiger partial charge in [-0.1, -0.05) is 13.0 Å². The van der Waals surface area contributed by atoms with Crippen molar-refractivity contribution in [2.24, 2.45) is 0 Å². The van der Waals surface area contributed by atoms with Gasteiger partial charge in [-0.2, -0.15) is 0 Å². The van der Waals surface area contributed by atoms with Gasteiger partial charge in [-0.3, -0.25) is 4.90 Å². The third-order valence-electron chi connectivity index (χ3n) is 6.65. The van der Waals surface area contributed by atoms with Gasteiger partial charge in [0.2, 0.25) is 0 Å². The maximum absolute atomic E-state index is 12.8. The summed E-state index contributed by atoms with van der Waals surface area (Å²) < 4.78 is 8.29. The fourth-order valence-corrected chi connectivity index (χ4v) is 4.81. The van der Waals surface area contributed by atoms with E-state index in [-0.39, 0.29) is 12.1 Å². The zero-order valence-corrected chi connectivity index (χ0v) is 17.4.